The van der Waals surface area contributed by atoms with Gasteiger partial charge in [0.05, 0.1) is 18.6 Å². The Kier molecular flexibility index (Phi) is 5.50. The van der Waals surface area contributed by atoms with Gasteiger partial charge in [0.25, 0.3) is 0 Å². The number of methoxy groups -OCH3 is 1. The molecule has 1 N–H and O–H groups in total. The van der Waals surface area contributed by atoms with E-state index < -0.39 is 0 Å². The van der Waals surface area contributed by atoms with Gasteiger partial charge in [0, 0.05) is 5.56 Å². The minimum atomic E-state index is -0.178. The summed E-state index contributed by atoms with van der Waals surface area (Å²) in [5.41, 5.74) is 3.18. The summed E-state index contributed by atoms with van der Waals surface area (Å²) in [6.45, 7) is 2.05. The summed E-state index contributed by atoms with van der Waals surface area (Å²) < 4.78 is 5.26. The average molecular weight is 353 g/mol. The van der Waals surface area contributed by atoms with Crippen molar-refractivity contribution in [2.45, 2.75) is 18.6 Å². The number of ether oxygens (including phenoxy) is 1. The number of rotatable bonds is 5. The van der Waals surface area contributed by atoms with Gasteiger partial charge in [-0.25, -0.2) is 0 Å². The lowest BCUT2D eigenvalue weighted by Gasteiger charge is -2.05. The molecule has 3 rings (SSSR count). The van der Waals surface area contributed by atoms with Gasteiger partial charge >= 0.3 is 0 Å². The molecule has 0 bridgehead atoms. The number of nitrogens with zero attached hydrogens (tertiary/aromatic N) is 2. The topological polar surface area (TPSA) is 63.1 Å². The zero-order chi connectivity index (χ0) is 17.6. The third kappa shape index (κ3) is 4.48. The summed E-state index contributed by atoms with van der Waals surface area (Å²) in [4.78, 5) is 12.1. The molecule has 1 aliphatic heterocycles. The van der Waals surface area contributed by atoms with Crippen molar-refractivity contribution in [1.82, 2.24) is 5.32 Å². The van der Waals surface area contributed by atoms with Crippen molar-refractivity contribution in [2.75, 3.05) is 7.11 Å². The number of amidine groups is 1. The number of hydrogen-bond acceptors (Lipinski definition) is 5. The summed E-state index contributed by atoms with van der Waals surface area (Å²) >= 11 is 1.41. The van der Waals surface area contributed by atoms with Crippen molar-refractivity contribution in [3.8, 4) is 5.75 Å². The molecule has 1 amide bonds. The summed E-state index contributed by atoms with van der Waals surface area (Å²) in [5, 5.41) is 11.3. The molecule has 0 saturated carbocycles. The zero-order valence-electron chi connectivity index (χ0n) is 14.1. The highest BCUT2D eigenvalue weighted by Crippen LogP contribution is 2.23. The Morgan fingerprint density at radius 1 is 1.20 bits per heavy atom. The van der Waals surface area contributed by atoms with Crippen LogP contribution in [-0.4, -0.2) is 29.6 Å². The first-order valence-electron chi connectivity index (χ1n) is 7.93. The van der Waals surface area contributed by atoms with Crippen LogP contribution < -0.4 is 10.1 Å². The maximum absolute atomic E-state index is 12.1. The molecular formula is C19H19N3O2S. The second-order valence-corrected chi connectivity index (χ2v) is 6.87. The lowest BCUT2D eigenvalue weighted by molar-refractivity contribution is -0.118. The largest absolute Gasteiger partial charge is 0.496 e. The van der Waals surface area contributed by atoms with Gasteiger partial charge in [-0.3, -0.25) is 4.79 Å². The molecule has 2 aromatic carbocycles. The lowest BCUT2D eigenvalue weighted by atomic mass is 10.1. The number of nitrogens with one attached hydrogen (secondary N) is 1. The first-order valence-corrected chi connectivity index (χ1v) is 8.81. The average Bonchev–Trinajstić information content (AvgIpc) is 2.97. The standard InChI is InChI=1S/C19H19N3O2S/c1-13-7-9-14(10-8-13)11-17-18(23)21-19(25-17)22-20-12-15-5-3-4-6-16(15)24-2/h3-10,12,17H,11H2,1-2H3,(H,21,22,23)/t17-/m1/s1. The number of amides is 1. The third-order valence-electron chi connectivity index (χ3n) is 3.80. The summed E-state index contributed by atoms with van der Waals surface area (Å²) in [6, 6.07) is 15.8. The molecule has 0 aliphatic carbocycles. The van der Waals surface area contributed by atoms with Crippen LogP contribution in [0.1, 0.15) is 16.7 Å². The number of aryl methyl sites for hydroxylation is 1. The van der Waals surface area contributed by atoms with Crippen LogP contribution in [0.5, 0.6) is 5.75 Å². The van der Waals surface area contributed by atoms with Crippen molar-refractivity contribution >= 4 is 29.1 Å². The van der Waals surface area contributed by atoms with Gasteiger partial charge < -0.3 is 10.1 Å². The highest BCUT2D eigenvalue weighted by molar-refractivity contribution is 8.15. The van der Waals surface area contributed by atoms with E-state index in [1.54, 1.807) is 13.3 Å². The van der Waals surface area contributed by atoms with Crippen LogP contribution in [0.15, 0.2) is 58.7 Å². The fourth-order valence-corrected chi connectivity index (χ4v) is 3.41. The predicted octanol–water partition coefficient (Wildman–Crippen LogP) is 3.17. The molecule has 128 valence electrons. The molecule has 1 heterocycles. The van der Waals surface area contributed by atoms with E-state index in [2.05, 4.69) is 39.8 Å². The molecule has 1 atom stereocenters. The molecule has 0 unspecified atom stereocenters. The first kappa shape index (κ1) is 17.2. The Labute approximate surface area is 151 Å². The number of carbonyl (C=O) groups is 1. The molecule has 0 spiro atoms. The smallest absolute Gasteiger partial charge is 0.239 e. The van der Waals surface area contributed by atoms with E-state index in [0.29, 0.717) is 11.6 Å². The van der Waals surface area contributed by atoms with Crippen LogP contribution in [0.3, 0.4) is 0 Å². The Morgan fingerprint density at radius 3 is 2.72 bits per heavy atom. The summed E-state index contributed by atoms with van der Waals surface area (Å²) in [6.07, 6.45) is 2.29. The van der Waals surface area contributed by atoms with Crippen LogP contribution in [0.2, 0.25) is 0 Å². The Hall–Kier alpha value is -2.60. The molecule has 0 aromatic heterocycles. The molecule has 1 aliphatic rings. The summed E-state index contributed by atoms with van der Waals surface area (Å²) in [7, 11) is 1.61. The molecule has 6 heteroatoms. The Morgan fingerprint density at radius 2 is 1.96 bits per heavy atom. The number of carbonyl (C=O) groups excluding carboxylic acids is 1. The van der Waals surface area contributed by atoms with E-state index >= 15 is 0 Å². The lowest BCUT2D eigenvalue weighted by Crippen LogP contribution is -2.25. The molecule has 2 aromatic rings. The second-order valence-electron chi connectivity index (χ2n) is 5.68. The van der Waals surface area contributed by atoms with Crippen LogP contribution >= 0.6 is 11.8 Å². The second kappa shape index (κ2) is 7.98. The van der Waals surface area contributed by atoms with E-state index in [9.17, 15) is 4.79 Å². The van der Waals surface area contributed by atoms with Crippen molar-refractivity contribution < 1.29 is 9.53 Å². The molecule has 1 fully saturated rings. The van der Waals surface area contributed by atoms with Gasteiger partial charge in [-0.2, -0.15) is 5.10 Å². The summed E-state index contributed by atoms with van der Waals surface area (Å²) in [5.74, 6) is 0.698. The highest BCUT2D eigenvalue weighted by atomic mass is 32.2. The van der Waals surface area contributed by atoms with Crippen molar-refractivity contribution in [1.29, 1.82) is 0 Å². The van der Waals surface area contributed by atoms with Crippen molar-refractivity contribution in [3.05, 3.63) is 65.2 Å². The van der Waals surface area contributed by atoms with Gasteiger partial charge in [-0.05, 0) is 31.0 Å². The molecule has 1 saturated heterocycles. The maximum Gasteiger partial charge on any atom is 0.239 e. The molecular weight excluding hydrogens is 334 g/mol. The monoisotopic (exact) mass is 353 g/mol. The van der Waals surface area contributed by atoms with Gasteiger partial charge in [-0.15, -0.1) is 5.10 Å². The van der Waals surface area contributed by atoms with E-state index in [1.165, 1.54) is 17.3 Å². The van der Waals surface area contributed by atoms with E-state index in [1.807, 2.05) is 31.2 Å². The van der Waals surface area contributed by atoms with Gasteiger partial charge in [0.15, 0.2) is 5.17 Å². The SMILES string of the molecule is COc1ccccc1C=N/N=C1/NC(=O)[C@@H](Cc2ccc(C)cc2)S1. The fourth-order valence-electron chi connectivity index (χ4n) is 2.44. The van der Waals surface area contributed by atoms with Gasteiger partial charge in [0.1, 0.15) is 5.75 Å². The van der Waals surface area contributed by atoms with Gasteiger partial charge in [-0.1, -0.05) is 53.7 Å². The van der Waals surface area contributed by atoms with Gasteiger partial charge in [0.2, 0.25) is 5.91 Å². The zero-order valence-corrected chi connectivity index (χ0v) is 14.9. The van der Waals surface area contributed by atoms with E-state index in [4.69, 9.17) is 4.74 Å². The maximum atomic E-state index is 12.1. The minimum absolute atomic E-state index is 0.0307. The van der Waals surface area contributed by atoms with Crippen molar-refractivity contribution in [2.24, 2.45) is 10.2 Å². The Balaban J connectivity index is 1.64. The first-order chi connectivity index (χ1) is 12.2. The van der Waals surface area contributed by atoms with Crippen LogP contribution in [0.4, 0.5) is 0 Å². The van der Waals surface area contributed by atoms with E-state index in [-0.39, 0.29) is 11.2 Å². The third-order valence-corrected chi connectivity index (χ3v) is 4.87. The quantitative estimate of drug-likeness (QED) is 0.663. The fraction of sp³-hybridized carbons (Fsp3) is 0.211. The number of benzene rings is 2. The van der Waals surface area contributed by atoms with Crippen LogP contribution in [-0.2, 0) is 11.2 Å². The normalized spacial score (nSPS) is 18.7. The van der Waals surface area contributed by atoms with Crippen molar-refractivity contribution in [3.63, 3.8) is 0 Å². The highest BCUT2D eigenvalue weighted by Gasteiger charge is 2.30. The number of para-hydroxylation sites is 1. The van der Waals surface area contributed by atoms with E-state index in [0.717, 1.165) is 16.9 Å². The molecule has 25 heavy (non-hydrogen) atoms. The Bertz CT molecular complexity index is 816. The predicted molar refractivity (Wildman–Crippen MR) is 102 cm³/mol. The number of hydrogen-bond donors (Lipinski definition) is 1. The molecule has 0 radical (unpaired) electrons. The minimum Gasteiger partial charge on any atom is -0.496 e. The van der Waals surface area contributed by atoms with Crippen LogP contribution in [0, 0.1) is 6.92 Å². The van der Waals surface area contributed by atoms with Crippen LogP contribution in [0.25, 0.3) is 0 Å². The molecule has 5 nitrogen and oxygen atoms in total. The number of thioether (sulfide) groups is 1.